The third-order valence-corrected chi connectivity index (χ3v) is 5.33. The molecule has 1 N–H and O–H groups in total. The van der Waals surface area contributed by atoms with Crippen molar-refractivity contribution in [1.82, 2.24) is 9.97 Å². The van der Waals surface area contributed by atoms with Crippen LogP contribution in [0.15, 0.2) is 6.20 Å². The summed E-state index contributed by atoms with van der Waals surface area (Å²) in [6.07, 6.45) is 4.93. The SMILES string of the molecule is Cc1nc(N2CCC(C(C)C(C)CCO)CC2)ncc1Cl. The van der Waals surface area contributed by atoms with Crippen LogP contribution in [-0.2, 0) is 0 Å². The lowest BCUT2D eigenvalue weighted by Crippen LogP contribution is -2.38. The van der Waals surface area contributed by atoms with Gasteiger partial charge < -0.3 is 10.0 Å². The normalized spacial score (nSPS) is 19.6. The Kier molecular flexibility index (Phi) is 5.82. The zero-order valence-electron chi connectivity index (χ0n) is 13.2. The van der Waals surface area contributed by atoms with Gasteiger partial charge in [-0.1, -0.05) is 25.4 Å². The van der Waals surface area contributed by atoms with Crippen LogP contribution in [0.1, 0.15) is 38.8 Å². The van der Waals surface area contributed by atoms with Gasteiger partial charge in [0.15, 0.2) is 0 Å². The number of hydrogen-bond donors (Lipinski definition) is 1. The van der Waals surface area contributed by atoms with Gasteiger partial charge in [-0.3, -0.25) is 0 Å². The van der Waals surface area contributed by atoms with Gasteiger partial charge in [0.2, 0.25) is 5.95 Å². The van der Waals surface area contributed by atoms with E-state index in [0.717, 1.165) is 37.1 Å². The van der Waals surface area contributed by atoms with Crippen LogP contribution >= 0.6 is 11.6 Å². The predicted octanol–water partition coefficient (Wildman–Crippen LogP) is 3.31. The maximum absolute atomic E-state index is 9.09. The van der Waals surface area contributed by atoms with E-state index in [1.54, 1.807) is 6.20 Å². The molecule has 0 aliphatic carbocycles. The monoisotopic (exact) mass is 311 g/mol. The predicted molar refractivity (Wildman–Crippen MR) is 86.7 cm³/mol. The van der Waals surface area contributed by atoms with E-state index in [0.29, 0.717) is 23.5 Å². The molecule has 4 nitrogen and oxygen atoms in total. The van der Waals surface area contributed by atoms with Crippen molar-refractivity contribution in [3.63, 3.8) is 0 Å². The summed E-state index contributed by atoms with van der Waals surface area (Å²) < 4.78 is 0. The van der Waals surface area contributed by atoms with Crippen LogP contribution in [0.5, 0.6) is 0 Å². The number of hydrogen-bond acceptors (Lipinski definition) is 4. The first-order valence-corrected chi connectivity index (χ1v) is 8.25. The molecule has 0 amide bonds. The Labute approximate surface area is 132 Å². The summed E-state index contributed by atoms with van der Waals surface area (Å²) in [5, 5.41) is 9.71. The van der Waals surface area contributed by atoms with Crippen molar-refractivity contribution in [1.29, 1.82) is 0 Å². The smallest absolute Gasteiger partial charge is 0.225 e. The molecule has 0 aromatic carbocycles. The molecule has 0 spiro atoms. The van der Waals surface area contributed by atoms with E-state index in [4.69, 9.17) is 16.7 Å². The summed E-state index contributed by atoms with van der Waals surface area (Å²) in [6, 6.07) is 0. The van der Waals surface area contributed by atoms with E-state index in [2.05, 4.69) is 28.7 Å². The van der Waals surface area contributed by atoms with Gasteiger partial charge in [-0.05, 0) is 43.9 Å². The van der Waals surface area contributed by atoms with Crippen molar-refractivity contribution in [2.24, 2.45) is 17.8 Å². The Morgan fingerprint density at radius 3 is 2.62 bits per heavy atom. The minimum absolute atomic E-state index is 0.294. The molecule has 1 aliphatic rings. The van der Waals surface area contributed by atoms with Crippen LogP contribution in [0.2, 0.25) is 5.02 Å². The summed E-state index contributed by atoms with van der Waals surface area (Å²) in [5.74, 6) is 2.77. The van der Waals surface area contributed by atoms with Gasteiger partial charge in [-0.2, -0.15) is 0 Å². The van der Waals surface area contributed by atoms with Crippen molar-refractivity contribution >= 4 is 17.5 Å². The molecule has 1 aliphatic heterocycles. The van der Waals surface area contributed by atoms with E-state index in [-0.39, 0.29) is 0 Å². The van der Waals surface area contributed by atoms with Gasteiger partial charge in [0.1, 0.15) is 0 Å². The minimum atomic E-state index is 0.294. The number of aromatic nitrogens is 2. The molecule has 0 saturated carbocycles. The Hall–Kier alpha value is -0.870. The zero-order chi connectivity index (χ0) is 15.4. The fourth-order valence-electron chi connectivity index (χ4n) is 3.15. The standard InChI is InChI=1S/C16H26ClN3O/c1-11(6-9-21)12(2)14-4-7-20(8-5-14)16-18-10-15(17)13(3)19-16/h10-12,14,21H,4-9H2,1-3H3. The second-order valence-corrected chi connectivity index (χ2v) is 6.68. The highest BCUT2D eigenvalue weighted by molar-refractivity contribution is 6.31. The number of halogens is 1. The Balaban J connectivity index is 1.92. The number of aliphatic hydroxyl groups is 1. The maximum atomic E-state index is 9.09. The molecule has 2 unspecified atom stereocenters. The summed E-state index contributed by atoms with van der Waals surface area (Å²) in [6.45, 7) is 8.79. The minimum Gasteiger partial charge on any atom is -0.396 e. The number of rotatable bonds is 5. The van der Waals surface area contributed by atoms with E-state index < -0.39 is 0 Å². The second-order valence-electron chi connectivity index (χ2n) is 6.28. The first-order chi connectivity index (χ1) is 10.0. The number of piperidine rings is 1. The highest BCUT2D eigenvalue weighted by atomic mass is 35.5. The molecule has 1 saturated heterocycles. The zero-order valence-corrected chi connectivity index (χ0v) is 14.0. The molecular formula is C16H26ClN3O. The van der Waals surface area contributed by atoms with Crippen LogP contribution in [-0.4, -0.2) is 34.8 Å². The first kappa shape index (κ1) is 16.5. The van der Waals surface area contributed by atoms with Gasteiger partial charge in [0.25, 0.3) is 0 Å². The van der Waals surface area contributed by atoms with E-state index in [9.17, 15) is 0 Å². The molecule has 2 heterocycles. The molecule has 2 rings (SSSR count). The molecule has 0 radical (unpaired) electrons. The summed E-state index contributed by atoms with van der Waals surface area (Å²) >= 11 is 5.98. The number of anilines is 1. The molecule has 1 aromatic rings. The van der Waals surface area contributed by atoms with Gasteiger partial charge in [0, 0.05) is 19.7 Å². The Morgan fingerprint density at radius 2 is 2.05 bits per heavy atom. The molecule has 1 fully saturated rings. The Morgan fingerprint density at radius 1 is 1.38 bits per heavy atom. The number of aliphatic hydroxyl groups excluding tert-OH is 1. The van der Waals surface area contributed by atoms with E-state index >= 15 is 0 Å². The first-order valence-electron chi connectivity index (χ1n) is 7.88. The van der Waals surface area contributed by atoms with Crippen molar-refractivity contribution in [3.8, 4) is 0 Å². The maximum Gasteiger partial charge on any atom is 0.225 e. The fourth-order valence-corrected chi connectivity index (χ4v) is 3.24. The van der Waals surface area contributed by atoms with Gasteiger partial charge in [-0.15, -0.1) is 0 Å². The van der Waals surface area contributed by atoms with E-state index in [1.807, 2.05) is 6.92 Å². The van der Waals surface area contributed by atoms with Crippen molar-refractivity contribution < 1.29 is 5.11 Å². The van der Waals surface area contributed by atoms with Crippen molar-refractivity contribution in [3.05, 3.63) is 16.9 Å². The molecule has 2 atom stereocenters. The average Bonchev–Trinajstić information content (AvgIpc) is 2.50. The fraction of sp³-hybridized carbons (Fsp3) is 0.750. The summed E-state index contributed by atoms with van der Waals surface area (Å²) in [5.41, 5.74) is 0.841. The van der Waals surface area contributed by atoms with Gasteiger partial charge in [-0.25, -0.2) is 9.97 Å². The number of nitrogens with zero attached hydrogens (tertiary/aromatic N) is 3. The lowest BCUT2D eigenvalue weighted by Gasteiger charge is -2.37. The van der Waals surface area contributed by atoms with Gasteiger partial charge >= 0.3 is 0 Å². The highest BCUT2D eigenvalue weighted by Crippen LogP contribution is 2.32. The van der Waals surface area contributed by atoms with Crippen LogP contribution in [0.3, 0.4) is 0 Å². The molecule has 5 heteroatoms. The molecule has 1 aromatic heterocycles. The third-order valence-electron chi connectivity index (χ3n) is 4.95. The lowest BCUT2D eigenvalue weighted by atomic mass is 9.77. The second kappa shape index (κ2) is 7.41. The van der Waals surface area contributed by atoms with Crippen LogP contribution in [0, 0.1) is 24.7 Å². The Bertz CT molecular complexity index is 461. The largest absolute Gasteiger partial charge is 0.396 e. The molecular weight excluding hydrogens is 286 g/mol. The summed E-state index contributed by atoms with van der Waals surface area (Å²) in [4.78, 5) is 11.1. The third kappa shape index (κ3) is 4.07. The molecule has 0 bridgehead atoms. The highest BCUT2D eigenvalue weighted by Gasteiger charge is 2.27. The van der Waals surface area contributed by atoms with Crippen molar-refractivity contribution in [2.45, 2.75) is 40.0 Å². The van der Waals surface area contributed by atoms with Gasteiger partial charge in [0.05, 0.1) is 16.9 Å². The number of aryl methyl sites for hydroxylation is 1. The van der Waals surface area contributed by atoms with Crippen LogP contribution in [0.4, 0.5) is 5.95 Å². The average molecular weight is 312 g/mol. The molecule has 118 valence electrons. The van der Waals surface area contributed by atoms with Crippen LogP contribution in [0.25, 0.3) is 0 Å². The van der Waals surface area contributed by atoms with Crippen LogP contribution < -0.4 is 4.90 Å². The van der Waals surface area contributed by atoms with E-state index in [1.165, 1.54) is 12.8 Å². The van der Waals surface area contributed by atoms with Crippen molar-refractivity contribution in [2.75, 3.05) is 24.6 Å². The molecule has 21 heavy (non-hydrogen) atoms. The topological polar surface area (TPSA) is 49.2 Å². The quantitative estimate of drug-likeness (QED) is 0.906. The lowest BCUT2D eigenvalue weighted by molar-refractivity contribution is 0.179. The summed E-state index contributed by atoms with van der Waals surface area (Å²) in [7, 11) is 0.